The second-order valence-electron chi connectivity index (χ2n) is 8.90. The molecule has 35 heavy (non-hydrogen) atoms. The van der Waals surface area contributed by atoms with Gasteiger partial charge in [-0.05, 0) is 84.4 Å². The Labute approximate surface area is 209 Å². The first-order valence-corrected chi connectivity index (χ1v) is 12.0. The van der Waals surface area contributed by atoms with Crippen LogP contribution in [0, 0.1) is 0 Å². The number of anilines is 1. The van der Waals surface area contributed by atoms with Crippen molar-refractivity contribution in [1.29, 1.82) is 0 Å². The third-order valence-electron chi connectivity index (χ3n) is 6.41. The number of pyridine rings is 1. The third-order valence-corrected chi connectivity index (χ3v) is 6.73. The van der Waals surface area contributed by atoms with E-state index in [4.69, 9.17) is 12.2 Å². The molecule has 0 amide bonds. The van der Waals surface area contributed by atoms with Gasteiger partial charge in [0.15, 0.2) is 5.11 Å². The van der Waals surface area contributed by atoms with E-state index in [0.29, 0.717) is 11.0 Å². The Hall–Kier alpha value is -3.97. The summed E-state index contributed by atoms with van der Waals surface area (Å²) in [6, 6.07) is 25.1. The van der Waals surface area contributed by atoms with Gasteiger partial charge in [-0.15, -0.1) is 0 Å². The van der Waals surface area contributed by atoms with Gasteiger partial charge in [0.05, 0.1) is 17.3 Å². The van der Waals surface area contributed by atoms with Crippen molar-refractivity contribution in [2.24, 2.45) is 0 Å². The van der Waals surface area contributed by atoms with Crippen molar-refractivity contribution in [3.63, 3.8) is 0 Å². The van der Waals surface area contributed by atoms with Gasteiger partial charge < -0.3 is 19.9 Å². The van der Waals surface area contributed by atoms with E-state index >= 15 is 0 Å². The standard InChI is InChI=1S/C28H26N4O2S/c1-18(2)19-8-14-22(15-9-19)32-26(25(30-28(32)35)23-6-3-4-16-29-23)24-7-5-17-31(24)21-12-10-20(11-13-21)27(33)34/h3-18,25-26H,1-2H3,(H,30,35)(H,33,34)/t25-,26-/m0/s1. The average molecular weight is 483 g/mol. The number of hydrogen-bond acceptors (Lipinski definition) is 3. The highest BCUT2D eigenvalue weighted by molar-refractivity contribution is 7.80. The van der Waals surface area contributed by atoms with E-state index in [-0.39, 0.29) is 17.6 Å². The summed E-state index contributed by atoms with van der Waals surface area (Å²) in [7, 11) is 0. The van der Waals surface area contributed by atoms with E-state index in [1.54, 1.807) is 18.3 Å². The second kappa shape index (κ2) is 9.35. The van der Waals surface area contributed by atoms with Crippen molar-refractivity contribution in [2.75, 3.05) is 4.90 Å². The Morgan fingerprint density at radius 2 is 1.69 bits per heavy atom. The summed E-state index contributed by atoms with van der Waals surface area (Å²) in [5.74, 6) is -0.503. The zero-order valence-corrected chi connectivity index (χ0v) is 20.3. The Bertz CT molecular complexity index is 1350. The first kappa shape index (κ1) is 22.8. The lowest BCUT2D eigenvalue weighted by Gasteiger charge is -2.29. The molecule has 0 radical (unpaired) electrons. The molecule has 5 rings (SSSR count). The van der Waals surface area contributed by atoms with Crippen molar-refractivity contribution in [2.45, 2.75) is 31.8 Å². The number of aromatic nitrogens is 2. The molecule has 2 aromatic carbocycles. The van der Waals surface area contributed by atoms with E-state index in [2.05, 4.69) is 63.9 Å². The molecule has 1 aliphatic heterocycles. The molecule has 0 bridgehead atoms. The molecular weight excluding hydrogens is 456 g/mol. The highest BCUT2D eigenvalue weighted by Gasteiger charge is 2.42. The molecule has 3 heterocycles. The minimum atomic E-state index is -0.944. The molecule has 4 aromatic rings. The van der Waals surface area contributed by atoms with Crippen LogP contribution >= 0.6 is 12.2 Å². The fourth-order valence-corrected chi connectivity index (χ4v) is 4.93. The minimum Gasteiger partial charge on any atom is -0.478 e. The van der Waals surface area contributed by atoms with E-state index in [1.165, 1.54) is 5.56 Å². The number of aromatic carboxylic acids is 1. The molecule has 0 saturated carbocycles. The summed E-state index contributed by atoms with van der Waals surface area (Å²) < 4.78 is 2.08. The molecule has 2 aromatic heterocycles. The Morgan fingerprint density at radius 3 is 2.31 bits per heavy atom. The van der Waals surface area contributed by atoms with Crippen LogP contribution in [0.25, 0.3) is 5.69 Å². The molecule has 0 aliphatic carbocycles. The fourth-order valence-electron chi connectivity index (χ4n) is 4.59. The van der Waals surface area contributed by atoms with E-state index < -0.39 is 5.97 Å². The quantitative estimate of drug-likeness (QED) is 0.335. The number of nitrogens with one attached hydrogen (secondary N) is 1. The molecule has 176 valence electrons. The number of carboxylic acids is 1. The molecule has 2 N–H and O–H groups in total. The highest BCUT2D eigenvalue weighted by atomic mass is 32.1. The number of carboxylic acid groups (broad SMARTS) is 1. The minimum absolute atomic E-state index is 0.166. The summed E-state index contributed by atoms with van der Waals surface area (Å²) in [6.07, 6.45) is 3.78. The van der Waals surface area contributed by atoms with Crippen LogP contribution in [0.4, 0.5) is 5.69 Å². The summed E-state index contributed by atoms with van der Waals surface area (Å²) in [5.41, 5.74) is 5.32. The molecule has 1 saturated heterocycles. The molecule has 0 unspecified atom stereocenters. The van der Waals surface area contributed by atoms with Crippen LogP contribution in [-0.2, 0) is 0 Å². The van der Waals surface area contributed by atoms with Gasteiger partial charge in [0.1, 0.15) is 6.04 Å². The summed E-state index contributed by atoms with van der Waals surface area (Å²) >= 11 is 5.85. The van der Waals surface area contributed by atoms with Crippen LogP contribution < -0.4 is 10.2 Å². The average Bonchev–Trinajstić information content (AvgIpc) is 3.49. The van der Waals surface area contributed by atoms with Crippen LogP contribution in [0.5, 0.6) is 0 Å². The largest absolute Gasteiger partial charge is 0.478 e. The van der Waals surface area contributed by atoms with Crippen LogP contribution in [0.2, 0.25) is 0 Å². The second-order valence-corrected chi connectivity index (χ2v) is 9.28. The normalized spacial score (nSPS) is 17.6. The number of nitrogens with zero attached hydrogens (tertiary/aromatic N) is 3. The van der Waals surface area contributed by atoms with Gasteiger partial charge in [-0.1, -0.05) is 32.0 Å². The van der Waals surface area contributed by atoms with Crippen molar-refractivity contribution in [3.8, 4) is 5.69 Å². The highest BCUT2D eigenvalue weighted by Crippen LogP contribution is 2.42. The topological polar surface area (TPSA) is 70.4 Å². The molecule has 0 spiro atoms. The predicted octanol–water partition coefficient (Wildman–Crippen LogP) is 5.87. The molecule has 7 heteroatoms. The zero-order valence-electron chi connectivity index (χ0n) is 19.5. The lowest BCUT2D eigenvalue weighted by Crippen LogP contribution is -2.30. The molecular formula is C28H26N4O2S. The van der Waals surface area contributed by atoms with E-state index in [1.807, 2.05) is 42.6 Å². The zero-order chi connectivity index (χ0) is 24.5. The van der Waals surface area contributed by atoms with Gasteiger partial charge in [-0.25, -0.2) is 4.79 Å². The first-order chi connectivity index (χ1) is 16.9. The molecule has 6 nitrogen and oxygen atoms in total. The first-order valence-electron chi connectivity index (χ1n) is 11.6. The number of thiocarbonyl (C=S) groups is 1. The van der Waals surface area contributed by atoms with E-state index in [9.17, 15) is 9.90 Å². The summed E-state index contributed by atoms with van der Waals surface area (Å²) in [5, 5.41) is 13.4. The van der Waals surface area contributed by atoms with Gasteiger partial charge in [0.2, 0.25) is 0 Å². The number of rotatable bonds is 6. The number of benzene rings is 2. The van der Waals surface area contributed by atoms with Gasteiger partial charge >= 0.3 is 5.97 Å². The van der Waals surface area contributed by atoms with Gasteiger partial charge in [-0.2, -0.15) is 0 Å². The maximum atomic E-state index is 11.3. The van der Waals surface area contributed by atoms with Crippen molar-refractivity contribution in [3.05, 3.63) is 114 Å². The SMILES string of the molecule is CC(C)c1ccc(N2C(=S)N[C@@H](c3ccccn3)[C@@H]2c2cccn2-c2ccc(C(=O)O)cc2)cc1. The lowest BCUT2D eigenvalue weighted by molar-refractivity contribution is 0.0697. The maximum absolute atomic E-state index is 11.3. The van der Waals surface area contributed by atoms with Gasteiger partial charge in [0.25, 0.3) is 0 Å². The Morgan fingerprint density at radius 1 is 0.971 bits per heavy atom. The summed E-state index contributed by atoms with van der Waals surface area (Å²) in [6.45, 7) is 4.36. The smallest absolute Gasteiger partial charge is 0.335 e. The Kier molecular flexibility index (Phi) is 6.09. The third kappa shape index (κ3) is 4.31. The van der Waals surface area contributed by atoms with Crippen molar-refractivity contribution >= 4 is 29.0 Å². The lowest BCUT2D eigenvalue weighted by atomic mass is 9.99. The van der Waals surface area contributed by atoms with Crippen molar-refractivity contribution < 1.29 is 9.90 Å². The molecule has 1 aliphatic rings. The predicted molar refractivity (Wildman–Crippen MR) is 141 cm³/mol. The van der Waals surface area contributed by atoms with Gasteiger partial charge in [-0.3, -0.25) is 4.98 Å². The summed E-state index contributed by atoms with van der Waals surface area (Å²) in [4.78, 5) is 18.1. The monoisotopic (exact) mass is 482 g/mol. The van der Waals surface area contributed by atoms with Crippen LogP contribution in [-0.4, -0.2) is 25.7 Å². The van der Waals surface area contributed by atoms with Crippen LogP contribution in [0.1, 0.15) is 59.2 Å². The van der Waals surface area contributed by atoms with Crippen molar-refractivity contribution in [1.82, 2.24) is 14.9 Å². The van der Waals surface area contributed by atoms with Crippen LogP contribution in [0.3, 0.4) is 0 Å². The molecule has 2 atom stereocenters. The number of hydrogen-bond donors (Lipinski definition) is 2. The molecule has 1 fully saturated rings. The number of carbonyl (C=O) groups is 1. The Balaban J connectivity index is 1.62. The fraction of sp³-hybridized carbons (Fsp3) is 0.179. The maximum Gasteiger partial charge on any atom is 0.335 e. The van der Waals surface area contributed by atoms with Crippen LogP contribution in [0.15, 0.2) is 91.3 Å². The van der Waals surface area contributed by atoms with E-state index in [0.717, 1.165) is 22.8 Å². The van der Waals surface area contributed by atoms with Gasteiger partial charge in [0, 0.05) is 29.5 Å².